The van der Waals surface area contributed by atoms with Crippen LogP contribution < -0.4 is 5.32 Å². The average molecular weight is 518 g/mol. The molecular weight excluding hydrogens is 489 g/mol. The van der Waals surface area contributed by atoms with E-state index in [1.807, 2.05) is 18.5 Å². The third-order valence-electron chi connectivity index (χ3n) is 7.73. The Bertz CT molecular complexity index is 1760. The van der Waals surface area contributed by atoms with Crippen molar-refractivity contribution >= 4 is 27.6 Å². The molecule has 0 saturated heterocycles. The van der Waals surface area contributed by atoms with Crippen molar-refractivity contribution in [2.45, 2.75) is 32.1 Å². The highest BCUT2D eigenvalue weighted by atomic mass is 19.1. The zero-order chi connectivity index (χ0) is 26.2. The Labute approximate surface area is 224 Å². The largest absolute Gasteiger partial charge is 0.384 e. The number of hydrogen-bond donors (Lipinski definition) is 3. The van der Waals surface area contributed by atoms with E-state index in [1.54, 1.807) is 24.5 Å². The maximum Gasteiger partial charge on any atom is 0.159 e. The molecule has 1 aliphatic carbocycles. The molecule has 3 N–H and O–H groups in total. The second-order valence-corrected chi connectivity index (χ2v) is 10.4. The third kappa shape index (κ3) is 4.63. The molecule has 0 radical (unpaired) electrons. The lowest BCUT2D eigenvalue weighted by atomic mass is 9.89. The van der Waals surface area contributed by atoms with Crippen LogP contribution in [0.4, 0.5) is 10.1 Å². The molecule has 0 atom stereocenters. The Balaban J connectivity index is 1.21. The van der Waals surface area contributed by atoms with E-state index in [1.165, 1.54) is 44.2 Å². The smallest absolute Gasteiger partial charge is 0.159 e. The highest BCUT2D eigenvalue weighted by Crippen LogP contribution is 2.33. The van der Waals surface area contributed by atoms with Crippen molar-refractivity contribution < 1.29 is 4.39 Å². The maximum atomic E-state index is 13.5. The number of benzene rings is 2. The second-order valence-electron chi connectivity index (χ2n) is 10.4. The van der Waals surface area contributed by atoms with Crippen LogP contribution in [0.5, 0.6) is 0 Å². The van der Waals surface area contributed by atoms with E-state index in [4.69, 9.17) is 4.98 Å². The number of nitrogens with zero attached hydrogens (tertiary/aromatic N) is 4. The van der Waals surface area contributed by atoms with Crippen molar-refractivity contribution in [1.29, 1.82) is 0 Å². The van der Waals surface area contributed by atoms with Crippen LogP contribution >= 0.6 is 0 Å². The van der Waals surface area contributed by atoms with Crippen molar-refractivity contribution in [2.24, 2.45) is 5.92 Å². The third-order valence-corrected chi connectivity index (χ3v) is 7.73. The minimum Gasteiger partial charge on any atom is -0.384 e. The van der Waals surface area contributed by atoms with Gasteiger partial charge in [-0.2, -0.15) is 5.10 Å². The van der Waals surface area contributed by atoms with Crippen LogP contribution in [0.1, 0.15) is 32.1 Å². The van der Waals surface area contributed by atoms with Gasteiger partial charge in [0.05, 0.1) is 28.4 Å². The average Bonchev–Trinajstić information content (AvgIpc) is 3.61. The van der Waals surface area contributed by atoms with Crippen molar-refractivity contribution in [2.75, 3.05) is 11.9 Å². The lowest BCUT2D eigenvalue weighted by molar-refractivity contribution is 0.373. The van der Waals surface area contributed by atoms with E-state index in [9.17, 15) is 4.39 Å². The number of aromatic amines is 2. The fourth-order valence-electron chi connectivity index (χ4n) is 5.61. The van der Waals surface area contributed by atoms with Crippen LogP contribution in [-0.4, -0.2) is 36.7 Å². The molecule has 2 aromatic carbocycles. The Morgan fingerprint density at radius 2 is 1.64 bits per heavy atom. The molecule has 0 amide bonds. The second kappa shape index (κ2) is 9.94. The first-order valence-electron chi connectivity index (χ1n) is 13.5. The lowest BCUT2D eigenvalue weighted by Gasteiger charge is -2.22. The standard InChI is InChI=1S/C31H28FN7/c32-23-9-6-20(7-10-23)26-17-34-18-28-29(26)37-31(36-28)30-25-13-21(8-11-27(25)38-39-30)22-12-24(16-33-15-22)35-14-19-4-2-1-3-5-19/h6-13,15-19,35H,1-5,14H2,(H,36,37)(H,38,39). The number of fused-ring (bicyclic) bond motifs is 2. The van der Waals surface area contributed by atoms with Gasteiger partial charge in [-0.25, -0.2) is 9.37 Å². The van der Waals surface area contributed by atoms with Gasteiger partial charge in [-0.15, -0.1) is 0 Å². The molecule has 0 unspecified atom stereocenters. The first kappa shape index (κ1) is 23.5. The summed E-state index contributed by atoms with van der Waals surface area (Å²) in [6.07, 6.45) is 14.0. The zero-order valence-corrected chi connectivity index (χ0v) is 21.4. The number of pyridine rings is 2. The summed E-state index contributed by atoms with van der Waals surface area (Å²) in [5.41, 5.74) is 8.04. The van der Waals surface area contributed by atoms with Gasteiger partial charge in [0, 0.05) is 41.6 Å². The molecule has 8 heteroatoms. The highest BCUT2D eigenvalue weighted by molar-refractivity contribution is 5.98. The number of rotatable bonds is 6. The molecule has 4 heterocycles. The summed E-state index contributed by atoms with van der Waals surface area (Å²) in [4.78, 5) is 17.2. The van der Waals surface area contributed by atoms with Gasteiger partial charge in [0.2, 0.25) is 0 Å². The minimum atomic E-state index is -0.277. The van der Waals surface area contributed by atoms with Gasteiger partial charge in [-0.1, -0.05) is 37.5 Å². The molecule has 1 aliphatic rings. The van der Waals surface area contributed by atoms with Gasteiger partial charge in [0.1, 0.15) is 11.5 Å². The number of nitrogens with one attached hydrogen (secondary N) is 3. The number of H-pyrrole nitrogens is 2. The number of hydrogen-bond acceptors (Lipinski definition) is 5. The number of anilines is 1. The van der Waals surface area contributed by atoms with Crippen LogP contribution in [0.15, 0.2) is 73.3 Å². The van der Waals surface area contributed by atoms with Gasteiger partial charge in [0.15, 0.2) is 5.82 Å². The minimum absolute atomic E-state index is 0.277. The zero-order valence-electron chi connectivity index (χ0n) is 21.4. The van der Waals surface area contributed by atoms with E-state index in [-0.39, 0.29) is 5.82 Å². The molecule has 194 valence electrons. The molecule has 7 rings (SSSR count). The predicted molar refractivity (Wildman–Crippen MR) is 153 cm³/mol. The van der Waals surface area contributed by atoms with Crippen molar-refractivity contribution in [3.63, 3.8) is 0 Å². The Morgan fingerprint density at radius 1 is 0.821 bits per heavy atom. The molecule has 1 fully saturated rings. The molecule has 39 heavy (non-hydrogen) atoms. The van der Waals surface area contributed by atoms with Crippen LogP contribution in [0.3, 0.4) is 0 Å². The fourth-order valence-corrected chi connectivity index (χ4v) is 5.61. The summed E-state index contributed by atoms with van der Waals surface area (Å²) >= 11 is 0. The quantitative estimate of drug-likeness (QED) is 0.215. The summed E-state index contributed by atoms with van der Waals surface area (Å²) in [7, 11) is 0. The van der Waals surface area contributed by atoms with Crippen LogP contribution in [0.25, 0.3) is 55.7 Å². The molecule has 1 saturated carbocycles. The van der Waals surface area contributed by atoms with E-state index < -0.39 is 0 Å². The molecule has 0 bridgehead atoms. The molecule has 4 aromatic heterocycles. The fraction of sp³-hybridized carbons (Fsp3) is 0.226. The van der Waals surface area contributed by atoms with Crippen LogP contribution in [0, 0.1) is 11.7 Å². The Morgan fingerprint density at radius 3 is 2.51 bits per heavy atom. The van der Waals surface area contributed by atoms with Gasteiger partial charge in [0.25, 0.3) is 0 Å². The SMILES string of the molecule is Fc1ccc(-c2cncc3[nH]c(-c4n[nH]c5ccc(-c6cncc(NCC7CCCCC7)c6)cc45)nc23)cc1. The first-order chi connectivity index (χ1) is 19.2. The molecule has 0 spiro atoms. The predicted octanol–water partition coefficient (Wildman–Crippen LogP) is 7.36. The van der Waals surface area contributed by atoms with E-state index in [0.717, 1.165) is 68.0 Å². The molecule has 0 aliphatic heterocycles. The molecule has 7 nitrogen and oxygen atoms in total. The Hall–Kier alpha value is -4.59. The van der Waals surface area contributed by atoms with Gasteiger partial charge >= 0.3 is 0 Å². The molecule has 6 aromatic rings. The van der Waals surface area contributed by atoms with Crippen molar-refractivity contribution in [1.82, 2.24) is 30.1 Å². The van der Waals surface area contributed by atoms with E-state index >= 15 is 0 Å². The Kier molecular flexibility index (Phi) is 6.00. The highest BCUT2D eigenvalue weighted by Gasteiger charge is 2.17. The summed E-state index contributed by atoms with van der Waals surface area (Å²) in [5.74, 6) is 1.11. The van der Waals surface area contributed by atoms with Crippen LogP contribution in [-0.2, 0) is 0 Å². The number of halogens is 1. The van der Waals surface area contributed by atoms with E-state index in [2.05, 4.69) is 48.7 Å². The lowest BCUT2D eigenvalue weighted by Crippen LogP contribution is -2.17. The van der Waals surface area contributed by atoms with Gasteiger partial charge in [-0.05, 0) is 60.2 Å². The van der Waals surface area contributed by atoms with Gasteiger partial charge in [-0.3, -0.25) is 15.1 Å². The summed E-state index contributed by atoms with van der Waals surface area (Å²) < 4.78 is 13.5. The number of imidazole rings is 1. The summed E-state index contributed by atoms with van der Waals surface area (Å²) in [5, 5.41) is 12.3. The summed E-state index contributed by atoms with van der Waals surface area (Å²) in [6.45, 7) is 0.997. The topological polar surface area (TPSA) is 95.2 Å². The summed E-state index contributed by atoms with van der Waals surface area (Å²) in [6, 6.07) is 14.8. The van der Waals surface area contributed by atoms with Crippen LogP contribution in [0.2, 0.25) is 0 Å². The van der Waals surface area contributed by atoms with Crippen molar-refractivity contribution in [3.05, 3.63) is 79.1 Å². The monoisotopic (exact) mass is 517 g/mol. The normalized spacial score (nSPS) is 14.3. The maximum absolute atomic E-state index is 13.5. The number of aromatic nitrogens is 6. The van der Waals surface area contributed by atoms with Crippen molar-refractivity contribution in [3.8, 4) is 33.8 Å². The van der Waals surface area contributed by atoms with Gasteiger partial charge < -0.3 is 10.3 Å². The van der Waals surface area contributed by atoms with E-state index in [0.29, 0.717) is 5.82 Å². The first-order valence-corrected chi connectivity index (χ1v) is 13.5. The molecular formula is C31H28FN7.